The first kappa shape index (κ1) is 19.1. The molecule has 1 amide bonds. The highest BCUT2D eigenvalue weighted by molar-refractivity contribution is 6.08. The van der Waals surface area contributed by atoms with Gasteiger partial charge in [0.25, 0.3) is 0 Å². The third-order valence-electron chi connectivity index (χ3n) is 9.03. The van der Waals surface area contributed by atoms with Gasteiger partial charge in [0.15, 0.2) is 5.54 Å². The first-order chi connectivity index (χ1) is 14.9. The number of nitrogens with zero attached hydrogens (tertiary/aromatic N) is 2. The molecule has 0 unspecified atom stereocenters. The maximum Gasteiger partial charge on any atom is 0.415 e. The van der Waals surface area contributed by atoms with Crippen molar-refractivity contribution < 1.29 is 29.0 Å². The molecule has 1 aromatic rings. The summed E-state index contributed by atoms with van der Waals surface area (Å²) in [5.41, 5.74) is -1.64. The Morgan fingerprint density at radius 2 is 2.00 bits per heavy atom. The Labute approximate surface area is 180 Å². The number of anilines is 1. The van der Waals surface area contributed by atoms with Crippen molar-refractivity contribution >= 4 is 23.5 Å². The maximum atomic E-state index is 13.6. The van der Waals surface area contributed by atoms with Crippen molar-refractivity contribution in [2.45, 2.75) is 49.1 Å². The number of methoxy groups -OCH3 is 2. The van der Waals surface area contributed by atoms with Crippen LogP contribution in [-0.2, 0) is 19.7 Å². The monoisotopic (exact) mass is 426 g/mol. The molecule has 1 N–H and O–H groups in total. The number of ether oxygens (including phenoxy) is 2. The molecule has 3 heterocycles. The van der Waals surface area contributed by atoms with E-state index in [2.05, 4.69) is 4.90 Å². The molecule has 4 fully saturated rings. The molecule has 1 spiro atoms. The topological polar surface area (TPSA) is 96.4 Å². The van der Waals surface area contributed by atoms with E-state index >= 15 is 0 Å². The Kier molecular flexibility index (Phi) is 3.57. The molecule has 2 aliphatic carbocycles. The average Bonchev–Trinajstić information content (AvgIpc) is 3.23. The molecule has 0 radical (unpaired) electrons. The van der Waals surface area contributed by atoms with Crippen molar-refractivity contribution in [2.75, 3.05) is 32.2 Å². The molecule has 164 valence electrons. The Morgan fingerprint density at radius 3 is 2.71 bits per heavy atom. The van der Waals surface area contributed by atoms with Gasteiger partial charge in [0.2, 0.25) is 0 Å². The zero-order valence-electron chi connectivity index (χ0n) is 17.7. The molecule has 1 aromatic carbocycles. The van der Waals surface area contributed by atoms with E-state index in [0.29, 0.717) is 37.2 Å². The van der Waals surface area contributed by atoms with Crippen LogP contribution in [0.2, 0.25) is 0 Å². The number of amides is 1. The minimum absolute atomic E-state index is 0.0955. The van der Waals surface area contributed by atoms with Crippen LogP contribution in [0.15, 0.2) is 18.2 Å². The summed E-state index contributed by atoms with van der Waals surface area (Å²) < 4.78 is 10.7. The van der Waals surface area contributed by atoms with Crippen LogP contribution < -0.4 is 9.64 Å². The van der Waals surface area contributed by atoms with Gasteiger partial charge in [-0.3, -0.25) is 14.6 Å². The number of carboxylic acid groups (broad SMARTS) is 1. The largest absolute Gasteiger partial charge is 0.495 e. The van der Waals surface area contributed by atoms with Crippen molar-refractivity contribution in [2.24, 2.45) is 11.3 Å². The molecule has 2 saturated heterocycles. The van der Waals surface area contributed by atoms with Gasteiger partial charge in [-0.05, 0) is 49.3 Å². The van der Waals surface area contributed by atoms with E-state index in [1.54, 1.807) is 6.07 Å². The second kappa shape index (κ2) is 5.79. The lowest BCUT2D eigenvalue weighted by Gasteiger charge is -2.64. The predicted molar refractivity (Wildman–Crippen MR) is 109 cm³/mol. The number of ketones is 1. The molecule has 6 rings (SSSR count). The minimum atomic E-state index is -1.59. The summed E-state index contributed by atoms with van der Waals surface area (Å²) in [6, 6.07) is 5.38. The number of fused-ring (bicyclic) bond motifs is 1. The second-order valence-corrected chi connectivity index (χ2v) is 9.76. The molecular formula is C23H26N2O6. The SMILES string of the molecule is COC(=O)N1c2c(OC)cccc2[C@@]23[C@H]4CN5CCC[C@@](CC[C@]12C(=O)O)(CC4=O)[C@H]53. The van der Waals surface area contributed by atoms with Crippen LogP contribution in [0.5, 0.6) is 5.75 Å². The zero-order valence-corrected chi connectivity index (χ0v) is 17.7. The van der Waals surface area contributed by atoms with E-state index in [-0.39, 0.29) is 17.2 Å². The van der Waals surface area contributed by atoms with E-state index < -0.39 is 28.9 Å². The standard InChI is InChI=1S/C23H26N2O6/c1-30-16-6-3-5-13-17(16)25(20(29)31-2)22(19(27)28)9-8-21-7-4-10-24-12-14(15(26)11-21)23(13,22)18(21)24/h3,5-6,14,18H,4,7-12H2,1-2H3,(H,27,28)/t14-,18-,21+,22+,23-/m0/s1. The lowest BCUT2D eigenvalue weighted by molar-refractivity contribution is -0.163. The summed E-state index contributed by atoms with van der Waals surface area (Å²) in [6.07, 6.45) is 2.61. The number of carbonyl (C=O) groups is 3. The van der Waals surface area contributed by atoms with Gasteiger partial charge in [0.05, 0.1) is 25.3 Å². The van der Waals surface area contributed by atoms with Gasteiger partial charge in [-0.15, -0.1) is 0 Å². The number of piperidine rings is 1. The van der Waals surface area contributed by atoms with Crippen LogP contribution in [-0.4, -0.2) is 66.7 Å². The summed E-state index contributed by atoms with van der Waals surface area (Å²) >= 11 is 0. The van der Waals surface area contributed by atoms with Gasteiger partial charge < -0.3 is 14.6 Å². The Balaban J connectivity index is 1.76. The number of Topliss-reactive ketones (excluding diaryl/α,β-unsaturated/α-hetero) is 1. The first-order valence-corrected chi connectivity index (χ1v) is 10.9. The van der Waals surface area contributed by atoms with Crippen molar-refractivity contribution in [3.05, 3.63) is 23.8 Å². The lowest BCUT2D eigenvalue weighted by Crippen LogP contribution is -2.78. The van der Waals surface area contributed by atoms with E-state index in [0.717, 1.165) is 24.9 Å². The maximum absolute atomic E-state index is 13.6. The third kappa shape index (κ3) is 1.79. The molecule has 8 nitrogen and oxygen atoms in total. The summed E-state index contributed by atoms with van der Waals surface area (Å²) in [6.45, 7) is 1.40. The van der Waals surface area contributed by atoms with Gasteiger partial charge in [0, 0.05) is 24.9 Å². The highest BCUT2D eigenvalue weighted by atomic mass is 16.5. The van der Waals surface area contributed by atoms with Crippen molar-refractivity contribution in [1.29, 1.82) is 0 Å². The predicted octanol–water partition coefficient (Wildman–Crippen LogP) is 2.19. The van der Waals surface area contributed by atoms with Gasteiger partial charge in [-0.1, -0.05) is 12.1 Å². The van der Waals surface area contributed by atoms with E-state index in [4.69, 9.17) is 9.47 Å². The molecule has 5 aliphatic rings. The van der Waals surface area contributed by atoms with E-state index in [1.807, 2.05) is 12.1 Å². The third-order valence-corrected chi connectivity index (χ3v) is 9.03. The smallest absolute Gasteiger partial charge is 0.415 e. The van der Waals surface area contributed by atoms with Crippen molar-refractivity contribution in [3.8, 4) is 5.75 Å². The number of para-hydroxylation sites is 1. The zero-order chi connectivity index (χ0) is 21.8. The Bertz CT molecular complexity index is 1040. The normalized spacial score (nSPS) is 39.7. The van der Waals surface area contributed by atoms with Crippen LogP contribution in [0.25, 0.3) is 0 Å². The number of hydrogen-bond donors (Lipinski definition) is 1. The van der Waals surface area contributed by atoms with Crippen molar-refractivity contribution in [3.63, 3.8) is 0 Å². The molecule has 3 aliphatic heterocycles. The Morgan fingerprint density at radius 1 is 1.19 bits per heavy atom. The molecular weight excluding hydrogens is 400 g/mol. The fourth-order valence-corrected chi connectivity index (χ4v) is 8.35. The van der Waals surface area contributed by atoms with Gasteiger partial charge in [-0.2, -0.15) is 0 Å². The molecule has 5 atom stereocenters. The average molecular weight is 426 g/mol. The highest BCUT2D eigenvalue weighted by Crippen LogP contribution is 2.74. The van der Waals surface area contributed by atoms with Crippen LogP contribution >= 0.6 is 0 Å². The summed E-state index contributed by atoms with van der Waals surface area (Å²) in [5.74, 6) is -0.983. The minimum Gasteiger partial charge on any atom is -0.495 e. The summed E-state index contributed by atoms with van der Waals surface area (Å²) in [4.78, 5) is 43.8. The number of carboxylic acids is 1. The van der Waals surface area contributed by atoms with Gasteiger partial charge >= 0.3 is 12.1 Å². The van der Waals surface area contributed by atoms with E-state index in [1.165, 1.54) is 19.1 Å². The van der Waals surface area contributed by atoms with Crippen LogP contribution in [0.3, 0.4) is 0 Å². The molecule has 2 saturated carbocycles. The second-order valence-electron chi connectivity index (χ2n) is 9.76. The molecule has 8 heteroatoms. The number of aliphatic carboxylic acids is 1. The fourth-order valence-electron chi connectivity index (χ4n) is 8.35. The van der Waals surface area contributed by atoms with Crippen molar-refractivity contribution in [1.82, 2.24) is 4.90 Å². The number of benzene rings is 1. The van der Waals surface area contributed by atoms with Crippen LogP contribution in [0.1, 0.15) is 37.7 Å². The van der Waals surface area contributed by atoms with Crippen LogP contribution in [0.4, 0.5) is 10.5 Å². The summed E-state index contributed by atoms with van der Waals surface area (Å²) in [5, 5.41) is 10.8. The Hall–Kier alpha value is -2.61. The lowest BCUT2D eigenvalue weighted by atomic mass is 9.41. The first-order valence-electron chi connectivity index (χ1n) is 10.9. The van der Waals surface area contributed by atoms with E-state index in [9.17, 15) is 19.5 Å². The van der Waals surface area contributed by atoms with Gasteiger partial charge in [-0.25, -0.2) is 9.59 Å². The number of hydrogen-bond acceptors (Lipinski definition) is 6. The number of carbonyl (C=O) groups excluding carboxylic acids is 2. The number of rotatable bonds is 2. The summed E-state index contributed by atoms with van der Waals surface area (Å²) in [7, 11) is 2.78. The highest BCUT2D eigenvalue weighted by Gasteiger charge is 2.84. The molecule has 4 bridgehead atoms. The van der Waals surface area contributed by atoms with Crippen LogP contribution in [0, 0.1) is 11.3 Å². The van der Waals surface area contributed by atoms with Gasteiger partial charge in [0.1, 0.15) is 11.5 Å². The molecule has 0 aromatic heterocycles. The fraction of sp³-hybridized carbons (Fsp3) is 0.609. The quantitative estimate of drug-likeness (QED) is 0.774. The molecule has 31 heavy (non-hydrogen) atoms.